The van der Waals surface area contributed by atoms with Gasteiger partial charge in [0.1, 0.15) is 11.6 Å². The molecule has 23 heavy (non-hydrogen) atoms. The number of nitriles is 1. The lowest BCUT2D eigenvalue weighted by Gasteiger charge is -2.26. The summed E-state index contributed by atoms with van der Waals surface area (Å²) in [5, 5.41) is 11.4. The second-order valence-corrected chi connectivity index (χ2v) is 5.07. The van der Waals surface area contributed by atoms with Crippen LogP contribution in [0.5, 0.6) is 0 Å². The lowest BCUT2D eigenvalue weighted by atomic mass is 10.1. The number of halogens is 2. The first kappa shape index (κ1) is 16.4. The number of nitrogens with one attached hydrogen (secondary N) is 1. The number of amides is 2. The van der Waals surface area contributed by atoms with Crippen molar-refractivity contribution < 1.29 is 13.6 Å². The van der Waals surface area contributed by atoms with E-state index in [1.165, 1.54) is 11.9 Å². The highest BCUT2D eigenvalue weighted by Gasteiger charge is 2.20. The zero-order valence-electron chi connectivity index (χ0n) is 12.7. The predicted octanol–water partition coefficient (Wildman–Crippen LogP) is 4.06. The summed E-state index contributed by atoms with van der Waals surface area (Å²) in [5.41, 5.74) is 1.08. The number of anilines is 1. The van der Waals surface area contributed by atoms with E-state index in [1.54, 1.807) is 31.2 Å². The number of nitrogens with zero attached hydrogens (tertiary/aromatic N) is 2. The molecule has 0 radical (unpaired) electrons. The smallest absolute Gasteiger partial charge is 0.321 e. The average molecular weight is 315 g/mol. The van der Waals surface area contributed by atoms with E-state index in [0.717, 1.165) is 18.2 Å². The lowest BCUT2D eigenvalue weighted by molar-refractivity contribution is 0.207. The number of hydrogen-bond acceptors (Lipinski definition) is 2. The van der Waals surface area contributed by atoms with Gasteiger partial charge in [0.15, 0.2) is 0 Å². The summed E-state index contributed by atoms with van der Waals surface area (Å²) in [6, 6.07) is 10.3. The zero-order valence-corrected chi connectivity index (χ0v) is 12.7. The number of carbonyl (C=O) groups excluding carboxylic acids is 1. The Hall–Kier alpha value is -2.94. The van der Waals surface area contributed by atoms with Crippen LogP contribution < -0.4 is 5.32 Å². The number of benzene rings is 2. The molecule has 4 nitrogen and oxygen atoms in total. The van der Waals surface area contributed by atoms with Gasteiger partial charge < -0.3 is 10.2 Å². The van der Waals surface area contributed by atoms with Gasteiger partial charge in [-0.2, -0.15) is 5.26 Å². The summed E-state index contributed by atoms with van der Waals surface area (Å²) in [6.07, 6.45) is 0. The molecule has 0 heterocycles. The maximum absolute atomic E-state index is 13.8. The third kappa shape index (κ3) is 3.83. The molecule has 0 saturated carbocycles. The summed E-state index contributed by atoms with van der Waals surface area (Å²) in [7, 11) is 1.49. The van der Waals surface area contributed by atoms with Gasteiger partial charge in [0, 0.05) is 18.3 Å². The Labute approximate surface area is 133 Å². The molecule has 0 aromatic heterocycles. The van der Waals surface area contributed by atoms with E-state index in [0.29, 0.717) is 11.3 Å². The van der Waals surface area contributed by atoms with E-state index in [-0.39, 0.29) is 5.56 Å². The minimum Gasteiger partial charge on any atom is -0.321 e. The van der Waals surface area contributed by atoms with Crippen molar-refractivity contribution in [3.05, 3.63) is 65.2 Å². The van der Waals surface area contributed by atoms with E-state index >= 15 is 0 Å². The number of rotatable bonds is 3. The largest absolute Gasteiger partial charge is 0.322 e. The highest BCUT2D eigenvalue weighted by molar-refractivity contribution is 5.89. The molecule has 118 valence electrons. The monoisotopic (exact) mass is 315 g/mol. The molecule has 0 bridgehead atoms. The number of carbonyl (C=O) groups is 1. The van der Waals surface area contributed by atoms with Crippen molar-refractivity contribution in [2.75, 3.05) is 12.4 Å². The quantitative estimate of drug-likeness (QED) is 0.928. The predicted molar refractivity (Wildman–Crippen MR) is 82.7 cm³/mol. The standard InChI is InChI=1S/C17H15F2N3O/c1-11(15-9-13(18)5-8-16(15)19)22(2)17(23)21-14-6-3-12(10-20)4-7-14/h3-9,11H,1-2H3,(H,21,23). The zero-order chi connectivity index (χ0) is 17.0. The topological polar surface area (TPSA) is 56.1 Å². The first-order valence-electron chi connectivity index (χ1n) is 6.91. The molecule has 0 saturated heterocycles. The van der Waals surface area contributed by atoms with Crippen molar-refractivity contribution in [2.45, 2.75) is 13.0 Å². The van der Waals surface area contributed by atoms with E-state index in [4.69, 9.17) is 5.26 Å². The fourth-order valence-corrected chi connectivity index (χ4v) is 2.06. The number of urea groups is 1. The lowest BCUT2D eigenvalue weighted by Crippen LogP contribution is -2.34. The van der Waals surface area contributed by atoms with Gasteiger partial charge in [-0.3, -0.25) is 0 Å². The van der Waals surface area contributed by atoms with Crippen LogP contribution in [0.15, 0.2) is 42.5 Å². The second-order valence-electron chi connectivity index (χ2n) is 5.07. The average Bonchev–Trinajstić information content (AvgIpc) is 2.56. The van der Waals surface area contributed by atoms with Gasteiger partial charge in [0.25, 0.3) is 0 Å². The fourth-order valence-electron chi connectivity index (χ4n) is 2.06. The molecule has 6 heteroatoms. The van der Waals surface area contributed by atoms with Crippen LogP contribution in [0.25, 0.3) is 0 Å². The van der Waals surface area contributed by atoms with Crippen LogP contribution in [0.2, 0.25) is 0 Å². The molecular weight excluding hydrogens is 300 g/mol. The Kier molecular flexibility index (Phi) is 4.91. The highest BCUT2D eigenvalue weighted by atomic mass is 19.1. The summed E-state index contributed by atoms with van der Waals surface area (Å²) in [6.45, 7) is 1.61. The Bertz CT molecular complexity index is 753. The molecule has 2 aromatic rings. The summed E-state index contributed by atoms with van der Waals surface area (Å²) in [4.78, 5) is 13.5. The van der Waals surface area contributed by atoms with Crippen molar-refractivity contribution >= 4 is 11.7 Å². The Morgan fingerprint density at radius 3 is 2.48 bits per heavy atom. The van der Waals surface area contributed by atoms with Gasteiger partial charge >= 0.3 is 6.03 Å². The summed E-state index contributed by atoms with van der Waals surface area (Å²) >= 11 is 0. The molecule has 0 spiro atoms. The van der Waals surface area contributed by atoms with Crippen molar-refractivity contribution in [1.29, 1.82) is 5.26 Å². The molecule has 0 fully saturated rings. The van der Waals surface area contributed by atoms with E-state index in [2.05, 4.69) is 5.32 Å². The van der Waals surface area contributed by atoms with Gasteiger partial charge in [0.05, 0.1) is 17.7 Å². The molecule has 0 aliphatic heterocycles. The van der Waals surface area contributed by atoms with Gasteiger partial charge in [0.2, 0.25) is 0 Å². The third-order valence-electron chi connectivity index (χ3n) is 3.57. The molecule has 0 aliphatic rings. The third-order valence-corrected chi connectivity index (χ3v) is 3.57. The Balaban J connectivity index is 2.12. The van der Waals surface area contributed by atoms with Crippen LogP contribution in [0.1, 0.15) is 24.1 Å². The van der Waals surface area contributed by atoms with Crippen LogP contribution in [0.4, 0.5) is 19.3 Å². The van der Waals surface area contributed by atoms with Gasteiger partial charge in [-0.15, -0.1) is 0 Å². The molecule has 0 aliphatic carbocycles. The van der Waals surface area contributed by atoms with E-state index in [1.807, 2.05) is 6.07 Å². The molecule has 2 rings (SSSR count). The SMILES string of the molecule is CC(c1cc(F)ccc1F)N(C)C(=O)Nc1ccc(C#N)cc1. The maximum Gasteiger partial charge on any atom is 0.322 e. The van der Waals surface area contributed by atoms with Crippen LogP contribution >= 0.6 is 0 Å². The van der Waals surface area contributed by atoms with Crippen LogP contribution in [0, 0.1) is 23.0 Å². The molecule has 1 atom stereocenters. The molecular formula is C17H15F2N3O. The first-order valence-corrected chi connectivity index (χ1v) is 6.91. The van der Waals surface area contributed by atoms with Crippen LogP contribution in [-0.4, -0.2) is 18.0 Å². The Morgan fingerprint density at radius 1 is 1.22 bits per heavy atom. The molecule has 2 aromatic carbocycles. The van der Waals surface area contributed by atoms with E-state index in [9.17, 15) is 13.6 Å². The van der Waals surface area contributed by atoms with E-state index < -0.39 is 23.7 Å². The summed E-state index contributed by atoms with van der Waals surface area (Å²) in [5.74, 6) is -1.13. The van der Waals surface area contributed by atoms with Gasteiger partial charge in [-0.05, 0) is 49.4 Å². The molecule has 2 amide bonds. The number of hydrogen-bond donors (Lipinski definition) is 1. The minimum atomic E-state index is -0.649. The van der Waals surface area contributed by atoms with Crippen molar-refractivity contribution in [3.63, 3.8) is 0 Å². The van der Waals surface area contributed by atoms with Crippen LogP contribution in [-0.2, 0) is 0 Å². The Morgan fingerprint density at radius 2 is 1.87 bits per heavy atom. The maximum atomic E-state index is 13.8. The normalized spacial score (nSPS) is 11.4. The van der Waals surface area contributed by atoms with Crippen molar-refractivity contribution in [2.24, 2.45) is 0 Å². The molecule has 1 unspecified atom stereocenters. The molecule has 1 N–H and O–H groups in total. The first-order chi connectivity index (χ1) is 10.9. The van der Waals surface area contributed by atoms with Gasteiger partial charge in [-0.25, -0.2) is 13.6 Å². The van der Waals surface area contributed by atoms with Gasteiger partial charge in [-0.1, -0.05) is 0 Å². The summed E-state index contributed by atoms with van der Waals surface area (Å²) < 4.78 is 27.1. The van der Waals surface area contributed by atoms with Crippen molar-refractivity contribution in [1.82, 2.24) is 4.90 Å². The fraction of sp³-hybridized carbons (Fsp3) is 0.176. The second kappa shape index (κ2) is 6.88. The van der Waals surface area contributed by atoms with Crippen LogP contribution in [0.3, 0.4) is 0 Å². The minimum absolute atomic E-state index is 0.0995. The van der Waals surface area contributed by atoms with Crippen molar-refractivity contribution in [3.8, 4) is 6.07 Å². The highest BCUT2D eigenvalue weighted by Crippen LogP contribution is 2.23.